The lowest BCUT2D eigenvalue weighted by Crippen LogP contribution is -2.01. The van der Waals surface area contributed by atoms with E-state index in [1.54, 1.807) is 6.07 Å². The summed E-state index contributed by atoms with van der Waals surface area (Å²) in [4.78, 5) is 0.880. The van der Waals surface area contributed by atoms with E-state index in [0.717, 1.165) is 9.37 Å². The van der Waals surface area contributed by atoms with Crippen molar-refractivity contribution in [3.63, 3.8) is 0 Å². The normalized spacial score (nSPS) is 10.5. The minimum absolute atomic E-state index is 0.175. The molecule has 0 aromatic heterocycles. The fourth-order valence-electron chi connectivity index (χ4n) is 0.826. The number of thioether (sulfide) groups is 1. The molecule has 0 aliphatic rings. The van der Waals surface area contributed by atoms with Crippen molar-refractivity contribution in [3.8, 4) is 5.75 Å². The lowest BCUT2D eigenvalue weighted by atomic mass is 10.3. The second kappa shape index (κ2) is 4.81. The molecule has 0 N–H and O–H groups in total. The Morgan fingerprint density at radius 3 is 2.62 bits per heavy atom. The number of benzene rings is 1. The molecule has 0 radical (unpaired) electrons. The molecule has 0 aliphatic heterocycles. The van der Waals surface area contributed by atoms with E-state index in [-0.39, 0.29) is 5.75 Å². The van der Waals surface area contributed by atoms with E-state index in [1.807, 2.05) is 12.3 Å². The Morgan fingerprint density at radius 2 is 2.08 bits per heavy atom. The Kier molecular flexibility index (Phi) is 3.99. The molecule has 0 fully saturated rings. The molecule has 0 saturated carbocycles. The van der Waals surface area contributed by atoms with Crippen molar-refractivity contribution < 1.29 is 13.5 Å². The van der Waals surface area contributed by atoms with Crippen LogP contribution in [0.15, 0.2) is 27.6 Å². The van der Waals surface area contributed by atoms with Crippen LogP contribution in [0.1, 0.15) is 0 Å². The van der Waals surface area contributed by atoms with Crippen LogP contribution in [-0.4, -0.2) is 12.9 Å². The van der Waals surface area contributed by atoms with Gasteiger partial charge in [-0.2, -0.15) is 8.78 Å². The Hall–Kier alpha value is -0.290. The topological polar surface area (TPSA) is 9.23 Å². The minimum atomic E-state index is -2.77. The van der Waals surface area contributed by atoms with Crippen LogP contribution in [0.4, 0.5) is 8.78 Å². The minimum Gasteiger partial charge on any atom is -0.435 e. The van der Waals surface area contributed by atoms with Gasteiger partial charge in [-0.1, -0.05) is 15.9 Å². The molecule has 0 aliphatic carbocycles. The standard InChI is InChI=1S/C8H7BrF2OS/c1-13-7-3-5(9)2-6(4-7)12-8(10)11/h2-4,8H,1H3. The molecule has 0 atom stereocenters. The van der Waals surface area contributed by atoms with Gasteiger partial charge >= 0.3 is 6.61 Å². The summed E-state index contributed by atoms with van der Waals surface area (Å²) >= 11 is 4.67. The average molecular weight is 269 g/mol. The lowest BCUT2D eigenvalue weighted by Gasteiger charge is -2.06. The number of hydrogen-bond acceptors (Lipinski definition) is 2. The van der Waals surface area contributed by atoms with Gasteiger partial charge in [0.25, 0.3) is 0 Å². The highest BCUT2D eigenvalue weighted by Gasteiger charge is 2.05. The highest BCUT2D eigenvalue weighted by atomic mass is 79.9. The summed E-state index contributed by atoms with van der Waals surface area (Å²) in [5.74, 6) is 0.175. The van der Waals surface area contributed by atoms with Gasteiger partial charge in [-0.05, 0) is 24.5 Å². The van der Waals surface area contributed by atoms with E-state index >= 15 is 0 Å². The molecule has 0 saturated heterocycles. The fourth-order valence-corrected chi connectivity index (χ4v) is 1.93. The zero-order valence-corrected chi connectivity index (χ0v) is 9.16. The van der Waals surface area contributed by atoms with Crippen molar-refractivity contribution in [3.05, 3.63) is 22.7 Å². The molecule has 0 bridgehead atoms. The van der Waals surface area contributed by atoms with Crippen LogP contribution in [-0.2, 0) is 0 Å². The van der Waals surface area contributed by atoms with E-state index in [4.69, 9.17) is 0 Å². The Labute approximate surface area is 87.6 Å². The van der Waals surface area contributed by atoms with Crippen molar-refractivity contribution >= 4 is 27.7 Å². The largest absolute Gasteiger partial charge is 0.435 e. The van der Waals surface area contributed by atoms with Gasteiger partial charge in [0.2, 0.25) is 0 Å². The van der Waals surface area contributed by atoms with Gasteiger partial charge < -0.3 is 4.74 Å². The molecule has 0 unspecified atom stereocenters. The zero-order valence-electron chi connectivity index (χ0n) is 6.76. The average Bonchev–Trinajstić information content (AvgIpc) is 2.01. The third-order valence-corrected chi connectivity index (χ3v) is 2.47. The van der Waals surface area contributed by atoms with E-state index in [2.05, 4.69) is 20.7 Å². The van der Waals surface area contributed by atoms with Gasteiger partial charge in [-0.25, -0.2) is 0 Å². The molecule has 5 heteroatoms. The summed E-state index contributed by atoms with van der Waals surface area (Å²) in [6.45, 7) is -2.77. The van der Waals surface area contributed by atoms with Crippen molar-refractivity contribution in [1.29, 1.82) is 0 Å². The maximum atomic E-state index is 11.8. The first kappa shape index (κ1) is 10.8. The van der Waals surface area contributed by atoms with Crippen molar-refractivity contribution in [1.82, 2.24) is 0 Å². The van der Waals surface area contributed by atoms with Crippen LogP contribution in [0.2, 0.25) is 0 Å². The maximum Gasteiger partial charge on any atom is 0.387 e. The molecule has 0 amide bonds. The highest BCUT2D eigenvalue weighted by Crippen LogP contribution is 2.27. The predicted octanol–water partition coefficient (Wildman–Crippen LogP) is 3.77. The number of hydrogen-bond donors (Lipinski definition) is 0. The summed E-state index contributed by atoms with van der Waals surface area (Å²) in [6, 6.07) is 4.91. The van der Waals surface area contributed by atoms with Gasteiger partial charge in [-0.15, -0.1) is 11.8 Å². The maximum absolute atomic E-state index is 11.8. The smallest absolute Gasteiger partial charge is 0.387 e. The Morgan fingerprint density at radius 1 is 1.38 bits per heavy atom. The van der Waals surface area contributed by atoms with E-state index < -0.39 is 6.61 Å². The first-order valence-electron chi connectivity index (χ1n) is 3.41. The lowest BCUT2D eigenvalue weighted by molar-refractivity contribution is -0.0500. The molecule has 1 nitrogen and oxygen atoms in total. The van der Waals surface area contributed by atoms with Crippen LogP contribution >= 0.6 is 27.7 Å². The van der Waals surface area contributed by atoms with Crippen molar-refractivity contribution in [2.45, 2.75) is 11.5 Å². The molecule has 13 heavy (non-hydrogen) atoms. The van der Waals surface area contributed by atoms with Crippen LogP contribution in [0, 0.1) is 0 Å². The number of rotatable bonds is 3. The van der Waals surface area contributed by atoms with E-state index in [0.29, 0.717) is 0 Å². The molecule has 0 heterocycles. The SMILES string of the molecule is CSc1cc(Br)cc(OC(F)F)c1. The molecule has 1 aromatic carbocycles. The first-order valence-corrected chi connectivity index (χ1v) is 5.43. The van der Waals surface area contributed by atoms with Crippen LogP contribution in [0.25, 0.3) is 0 Å². The van der Waals surface area contributed by atoms with Crippen molar-refractivity contribution in [2.24, 2.45) is 0 Å². The quantitative estimate of drug-likeness (QED) is 0.772. The number of alkyl halides is 2. The Bertz CT molecular complexity index is 293. The number of halogens is 3. The predicted molar refractivity (Wildman–Crippen MR) is 52.6 cm³/mol. The van der Waals surface area contributed by atoms with Gasteiger partial charge in [0.15, 0.2) is 0 Å². The summed E-state index contributed by atoms with van der Waals surface area (Å²) < 4.78 is 28.7. The van der Waals surface area contributed by atoms with Crippen LogP contribution < -0.4 is 4.74 Å². The van der Waals surface area contributed by atoms with Gasteiger partial charge in [0.05, 0.1) is 0 Å². The molecular formula is C8H7BrF2OS. The van der Waals surface area contributed by atoms with Gasteiger partial charge in [0, 0.05) is 9.37 Å². The third-order valence-electron chi connectivity index (χ3n) is 1.31. The van der Waals surface area contributed by atoms with E-state index in [9.17, 15) is 8.78 Å². The monoisotopic (exact) mass is 268 g/mol. The summed E-state index contributed by atoms with van der Waals surface area (Å²) in [7, 11) is 0. The van der Waals surface area contributed by atoms with Gasteiger partial charge in [-0.3, -0.25) is 0 Å². The summed E-state index contributed by atoms with van der Waals surface area (Å²) in [6.07, 6.45) is 1.87. The second-order valence-electron chi connectivity index (χ2n) is 2.21. The molecule has 1 aromatic rings. The van der Waals surface area contributed by atoms with Crippen LogP contribution in [0.5, 0.6) is 5.75 Å². The van der Waals surface area contributed by atoms with Crippen LogP contribution in [0.3, 0.4) is 0 Å². The first-order chi connectivity index (χ1) is 6.11. The second-order valence-corrected chi connectivity index (χ2v) is 4.00. The highest BCUT2D eigenvalue weighted by molar-refractivity contribution is 9.10. The number of ether oxygens (including phenoxy) is 1. The Balaban J connectivity index is 2.88. The summed E-state index contributed by atoms with van der Waals surface area (Å²) in [5.41, 5.74) is 0. The van der Waals surface area contributed by atoms with Gasteiger partial charge in [0.1, 0.15) is 5.75 Å². The van der Waals surface area contributed by atoms with E-state index in [1.165, 1.54) is 17.8 Å². The summed E-state index contributed by atoms with van der Waals surface area (Å²) in [5, 5.41) is 0. The molecular weight excluding hydrogens is 262 g/mol. The van der Waals surface area contributed by atoms with Crippen molar-refractivity contribution in [2.75, 3.05) is 6.26 Å². The fraction of sp³-hybridized carbons (Fsp3) is 0.250. The molecule has 0 spiro atoms. The molecule has 72 valence electrons. The molecule has 1 rings (SSSR count). The third kappa shape index (κ3) is 3.52. The zero-order chi connectivity index (χ0) is 9.84.